The molecule has 1 aromatic carbocycles. The van der Waals surface area contributed by atoms with Crippen molar-refractivity contribution in [1.29, 1.82) is 0 Å². The molecule has 0 aromatic heterocycles. The second-order valence-corrected chi connectivity index (χ2v) is 6.45. The number of ether oxygens (including phenoxy) is 1. The molecule has 27 heavy (non-hydrogen) atoms. The van der Waals surface area contributed by atoms with Crippen LogP contribution in [0.25, 0.3) is 0 Å². The van der Waals surface area contributed by atoms with E-state index in [0.717, 1.165) is 13.1 Å². The number of anilines is 1. The summed E-state index contributed by atoms with van der Waals surface area (Å²) in [5.74, 6) is -0.193. The van der Waals surface area contributed by atoms with Gasteiger partial charge in [0.05, 0.1) is 12.0 Å². The summed E-state index contributed by atoms with van der Waals surface area (Å²) in [5, 5.41) is 14.8. The Morgan fingerprint density at radius 2 is 1.74 bits per heavy atom. The van der Waals surface area contributed by atoms with Crippen LogP contribution in [0.5, 0.6) is 0 Å². The number of nitro benzene ring substituents is 1. The summed E-state index contributed by atoms with van der Waals surface area (Å²) in [4.78, 5) is 40.5. The lowest BCUT2D eigenvalue weighted by molar-refractivity contribution is -0.384. The van der Waals surface area contributed by atoms with E-state index in [0.29, 0.717) is 50.5 Å². The van der Waals surface area contributed by atoms with Gasteiger partial charge in [0.15, 0.2) is 0 Å². The fraction of sp³-hybridized carbons (Fsp3) is 0.529. The first-order chi connectivity index (χ1) is 13.0. The van der Waals surface area contributed by atoms with Crippen LogP contribution in [0, 0.1) is 10.1 Å². The number of hydrogen-bond donors (Lipinski definition) is 1. The molecular weight excluding hydrogens is 354 g/mol. The number of carbonyl (C=O) groups is 2. The van der Waals surface area contributed by atoms with Crippen molar-refractivity contribution >= 4 is 23.4 Å². The summed E-state index contributed by atoms with van der Waals surface area (Å²) in [6, 6.07) is 4.62. The third-order valence-corrected chi connectivity index (χ3v) is 4.88. The van der Waals surface area contributed by atoms with Gasteiger partial charge in [0.2, 0.25) is 0 Å². The maximum Gasteiger partial charge on any atom is 0.409 e. The molecule has 2 heterocycles. The summed E-state index contributed by atoms with van der Waals surface area (Å²) in [6.07, 6.45) is -0.402. The predicted octanol–water partition coefficient (Wildman–Crippen LogP) is 0.529. The lowest BCUT2D eigenvalue weighted by atomic mass is 10.1. The SMILES string of the molecule is COC(=O)N1CCN(c2ccc(C(=O)N3CCNCC3)cc2[N+](=O)[O-])CC1. The number of benzene rings is 1. The lowest BCUT2D eigenvalue weighted by Gasteiger charge is -2.35. The fourth-order valence-corrected chi connectivity index (χ4v) is 3.38. The first kappa shape index (κ1) is 18.9. The molecule has 2 fully saturated rings. The number of nitrogens with one attached hydrogen (secondary N) is 1. The van der Waals surface area contributed by atoms with Gasteiger partial charge in [0, 0.05) is 64.0 Å². The average Bonchev–Trinajstić information content (AvgIpc) is 2.73. The summed E-state index contributed by atoms with van der Waals surface area (Å²) in [5.41, 5.74) is 0.685. The van der Waals surface area contributed by atoms with E-state index in [1.807, 2.05) is 4.90 Å². The molecular formula is C17H23N5O5. The van der Waals surface area contributed by atoms with Crippen LogP contribution in [0.1, 0.15) is 10.4 Å². The van der Waals surface area contributed by atoms with Gasteiger partial charge >= 0.3 is 6.09 Å². The van der Waals surface area contributed by atoms with Gasteiger partial charge in [-0.2, -0.15) is 0 Å². The Kier molecular flexibility index (Phi) is 5.75. The van der Waals surface area contributed by atoms with Crippen LogP contribution >= 0.6 is 0 Å². The Morgan fingerprint density at radius 3 is 2.33 bits per heavy atom. The molecule has 0 aliphatic carbocycles. The molecule has 0 spiro atoms. The normalized spacial score (nSPS) is 17.6. The number of amides is 2. The van der Waals surface area contributed by atoms with Crippen molar-refractivity contribution in [2.45, 2.75) is 0 Å². The average molecular weight is 377 g/mol. The van der Waals surface area contributed by atoms with Gasteiger partial charge in [-0.05, 0) is 12.1 Å². The van der Waals surface area contributed by atoms with Crippen LogP contribution in [-0.4, -0.2) is 86.2 Å². The number of piperazine rings is 2. The first-order valence-corrected chi connectivity index (χ1v) is 8.87. The van der Waals surface area contributed by atoms with Crippen molar-refractivity contribution < 1.29 is 19.2 Å². The van der Waals surface area contributed by atoms with Gasteiger partial charge in [0.1, 0.15) is 5.69 Å². The van der Waals surface area contributed by atoms with Crippen LogP contribution in [0.3, 0.4) is 0 Å². The molecule has 2 saturated heterocycles. The van der Waals surface area contributed by atoms with E-state index < -0.39 is 11.0 Å². The Morgan fingerprint density at radius 1 is 1.07 bits per heavy atom. The Hall–Kier alpha value is -2.88. The maximum atomic E-state index is 12.6. The fourth-order valence-electron chi connectivity index (χ4n) is 3.38. The number of carbonyl (C=O) groups excluding carboxylic acids is 2. The molecule has 1 aromatic rings. The smallest absolute Gasteiger partial charge is 0.409 e. The first-order valence-electron chi connectivity index (χ1n) is 8.87. The topological polar surface area (TPSA) is 108 Å². The summed E-state index contributed by atoms with van der Waals surface area (Å²) in [6.45, 7) is 4.37. The molecule has 0 saturated carbocycles. The van der Waals surface area contributed by atoms with Gasteiger partial charge in [-0.1, -0.05) is 0 Å². The Balaban J connectivity index is 1.77. The Labute approximate surface area is 156 Å². The standard InChI is InChI=1S/C17H23N5O5/c1-27-17(24)21-10-8-19(9-11-21)14-3-2-13(12-15(14)22(25)26)16(23)20-6-4-18-5-7-20/h2-3,12,18H,4-11H2,1H3. The quantitative estimate of drug-likeness (QED) is 0.604. The highest BCUT2D eigenvalue weighted by Gasteiger charge is 2.28. The second-order valence-electron chi connectivity index (χ2n) is 6.45. The molecule has 0 unspecified atom stereocenters. The number of nitrogens with zero attached hydrogens (tertiary/aromatic N) is 4. The highest BCUT2D eigenvalue weighted by Crippen LogP contribution is 2.30. The molecule has 2 aliphatic heterocycles. The second kappa shape index (κ2) is 8.21. The van der Waals surface area contributed by atoms with Crippen LogP contribution in [0.4, 0.5) is 16.2 Å². The van der Waals surface area contributed by atoms with E-state index in [2.05, 4.69) is 5.32 Å². The number of hydrogen-bond acceptors (Lipinski definition) is 7. The molecule has 1 N–H and O–H groups in total. The molecule has 0 bridgehead atoms. The molecule has 2 amide bonds. The molecule has 146 valence electrons. The van der Waals surface area contributed by atoms with E-state index in [1.165, 1.54) is 13.2 Å². The minimum Gasteiger partial charge on any atom is -0.453 e. The van der Waals surface area contributed by atoms with E-state index in [1.54, 1.807) is 21.9 Å². The summed E-state index contributed by atoms with van der Waals surface area (Å²) < 4.78 is 4.71. The zero-order valence-corrected chi connectivity index (χ0v) is 15.2. The van der Waals surface area contributed by atoms with Crippen molar-refractivity contribution in [3.63, 3.8) is 0 Å². The van der Waals surface area contributed by atoms with Crippen molar-refractivity contribution in [2.75, 3.05) is 64.4 Å². The monoisotopic (exact) mass is 377 g/mol. The molecule has 10 nitrogen and oxygen atoms in total. The van der Waals surface area contributed by atoms with Crippen LogP contribution in [0.15, 0.2) is 18.2 Å². The van der Waals surface area contributed by atoms with E-state index in [4.69, 9.17) is 4.74 Å². The van der Waals surface area contributed by atoms with E-state index >= 15 is 0 Å². The van der Waals surface area contributed by atoms with Crippen LogP contribution < -0.4 is 10.2 Å². The zero-order valence-electron chi connectivity index (χ0n) is 15.2. The third kappa shape index (κ3) is 4.11. The highest BCUT2D eigenvalue weighted by atomic mass is 16.6. The van der Waals surface area contributed by atoms with Crippen LogP contribution in [-0.2, 0) is 4.74 Å². The molecule has 2 aliphatic rings. The molecule has 3 rings (SSSR count). The van der Waals surface area contributed by atoms with E-state index in [9.17, 15) is 19.7 Å². The van der Waals surface area contributed by atoms with Gasteiger partial charge < -0.3 is 24.8 Å². The van der Waals surface area contributed by atoms with Gasteiger partial charge in [-0.25, -0.2) is 4.79 Å². The summed E-state index contributed by atoms with van der Waals surface area (Å²) >= 11 is 0. The lowest BCUT2D eigenvalue weighted by Crippen LogP contribution is -2.49. The third-order valence-electron chi connectivity index (χ3n) is 4.88. The van der Waals surface area contributed by atoms with Crippen LogP contribution in [0.2, 0.25) is 0 Å². The van der Waals surface area contributed by atoms with Crippen molar-refractivity contribution in [2.24, 2.45) is 0 Å². The van der Waals surface area contributed by atoms with Gasteiger partial charge in [-0.3, -0.25) is 14.9 Å². The van der Waals surface area contributed by atoms with Gasteiger partial charge in [0.25, 0.3) is 11.6 Å². The zero-order chi connectivity index (χ0) is 19.4. The van der Waals surface area contributed by atoms with Crippen molar-refractivity contribution in [1.82, 2.24) is 15.1 Å². The highest BCUT2D eigenvalue weighted by molar-refractivity contribution is 5.96. The molecule has 0 atom stereocenters. The summed E-state index contributed by atoms with van der Waals surface area (Å²) in [7, 11) is 1.33. The number of nitro groups is 1. The minimum absolute atomic E-state index is 0.0949. The minimum atomic E-state index is -0.462. The molecule has 0 radical (unpaired) electrons. The maximum absolute atomic E-state index is 12.6. The predicted molar refractivity (Wildman–Crippen MR) is 98.1 cm³/mol. The Bertz CT molecular complexity index is 726. The largest absolute Gasteiger partial charge is 0.453 e. The van der Waals surface area contributed by atoms with Crippen molar-refractivity contribution in [3.05, 3.63) is 33.9 Å². The van der Waals surface area contributed by atoms with Crippen molar-refractivity contribution in [3.8, 4) is 0 Å². The molecule has 10 heteroatoms. The van der Waals surface area contributed by atoms with Gasteiger partial charge in [-0.15, -0.1) is 0 Å². The number of methoxy groups -OCH3 is 1. The number of rotatable bonds is 3. The van der Waals surface area contributed by atoms with E-state index in [-0.39, 0.29) is 11.6 Å².